The molecular weight excluding hydrogens is 215 g/mol. The molecule has 0 saturated heterocycles. The molecular formula is C12H18F3N. The third-order valence-electron chi connectivity index (χ3n) is 3.12. The number of unbranched alkanes of at least 4 members (excludes halogenated alkanes) is 1. The SMILES string of the molecule is C#CCCCNC1CCC(C(F)(F)F)CC1. The number of hydrogen-bond donors (Lipinski definition) is 1. The lowest BCUT2D eigenvalue weighted by Crippen LogP contribution is -2.37. The van der Waals surface area contributed by atoms with E-state index in [1.54, 1.807) is 0 Å². The van der Waals surface area contributed by atoms with Gasteiger partial charge in [0.15, 0.2) is 0 Å². The zero-order valence-electron chi connectivity index (χ0n) is 9.32. The summed E-state index contributed by atoms with van der Waals surface area (Å²) in [5.41, 5.74) is 0. The second kappa shape index (κ2) is 6.15. The topological polar surface area (TPSA) is 12.0 Å². The van der Waals surface area contributed by atoms with Crippen molar-refractivity contribution < 1.29 is 13.2 Å². The fraction of sp³-hybridized carbons (Fsp3) is 0.833. The molecule has 1 fully saturated rings. The van der Waals surface area contributed by atoms with Crippen LogP contribution in [0.1, 0.15) is 38.5 Å². The highest BCUT2D eigenvalue weighted by atomic mass is 19.4. The van der Waals surface area contributed by atoms with Crippen molar-refractivity contribution in [2.24, 2.45) is 5.92 Å². The molecule has 0 amide bonds. The smallest absolute Gasteiger partial charge is 0.314 e. The van der Waals surface area contributed by atoms with Crippen LogP contribution in [-0.4, -0.2) is 18.8 Å². The summed E-state index contributed by atoms with van der Waals surface area (Å²) < 4.78 is 37.1. The van der Waals surface area contributed by atoms with Crippen molar-refractivity contribution in [3.63, 3.8) is 0 Å². The van der Waals surface area contributed by atoms with Crippen molar-refractivity contribution in [2.45, 2.75) is 50.7 Å². The maximum absolute atomic E-state index is 12.4. The van der Waals surface area contributed by atoms with Crippen LogP contribution in [0.5, 0.6) is 0 Å². The fourth-order valence-electron chi connectivity index (χ4n) is 2.12. The summed E-state index contributed by atoms with van der Waals surface area (Å²) in [6, 6.07) is 0.247. The van der Waals surface area contributed by atoms with Crippen molar-refractivity contribution in [1.29, 1.82) is 0 Å². The molecule has 1 saturated carbocycles. The van der Waals surface area contributed by atoms with Crippen molar-refractivity contribution in [3.05, 3.63) is 0 Å². The summed E-state index contributed by atoms with van der Waals surface area (Å²) in [5.74, 6) is 1.46. The highest BCUT2D eigenvalue weighted by Gasteiger charge is 2.41. The van der Waals surface area contributed by atoms with Crippen LogP contribution in [0.3, 0.4) is 0 Å². The zero-order chi connectivity index (χ0) is 12.0. The van der Waals surface area contributed by atoms with Gasteiger partial charge in [-0.15, -0.1) is 12.3 Å². The van der Waals surface area contributed by atoms with Gasteiger partial charge in [-0.25, -0.2) is 0 Å². The molecule has 0 bridgehead atoms. The van der Waals surface area contributed by atoms with Gasteiger partial charge in [-0.1, -0.05) is 0 Å². The van der Waals surface area contributed by atoms with Gasteiger partial charge in [0.05, 0.1) is 5.92 Å². The van der Waals surface area contributed by atoms with Gasteiger partial charge >= 0.3 is 6.18 Å². The number of nitrogens with one attached hydrogen (secondary N) is 1. The highest BCUT2D eigenvalue weighted by Crippen LogP contribution is 2.37. The van der Waals surface area contributed by atoms with Gasteiger partial charge in [0.2, 0.25) is 0 Å². The molecule has 0 heterocycles. The predicted octanol–water partition coefficient (Wildman–Crippen LogP) is 3.11. The van der Waals surface area contributed by atoms with E-state index in [-0.39, 0.29) is 18.9 Å². The van der Waals surface area contributed by atoms with Crippen LogP contribution in [-0.2, 0) is 0 Å². The third-order valence-corrected chi connectivity index (χ3v) is 3.12. The Balaban J connectivity index is 2.15. The minimum Gasteiger partial charge on any atom is -0.314 e. The third kappa shape index (κ3) is 4.44. The molecule has 1 N–H and O–H groups in total. The van der Waals surface area contributed by atoms with E-state index in [0.717, 1.165) is 19.4 Å². The summed E-state index contributed by atoms with van der Waals surface area (Å²) in [7, 11) is 0. The van der Waals surface area contributed by atoms with E-state index >= 15 is 0 Å². The number of alkyl halides is 3. The average molecular weight is 233 g/mol. The van der Waals surface area contributed by atoms with Crippen LogP contribution >= 0.6 is 0 Å². The Morgan fingerprint density at radius 2 is 1.81 bits per heavy atom. The van der Waals surface area contributed by atoms with Gasteiger partial charge in [0, 0.05) is 12.5 Å². The van der Waals surface area contributed by atoms with Crippen LogP contribution in [0.15, 0.2) is 0 Å². The first-order valence-corrected chi connectivity index (χ1v) is 5.77. The van der Waals surface area contributed by atoms with Gasteiger partial charge in [0.25, 0.3) is 0 Å². The molecule has 0 unspecified atom stereocenters. The van der Waals surface area contributed by atoms with E-state index < -0.39 is 12.1 Å². The Hall–Kier alpha value is -0.690. The maximum Gasteiger partial charge on any atom is 0.391 e. The lowest BCUT2D eigenvalue weighted by molar-refractivity contribution is -0.182. The molecule has 0 aromatic rings. The van der Waals surface area contributed by atoms with E-state index in [2.05, 4.69) is 11.2 Å². The maximum atomic E-state index is 12.4. The number of rotatable bonds is 4. The van der Waals surface area contributed by atoms with Gasteiger partial charge in [-0.05, 0) is 38.6 Å². The minimum absolute atomic E-state index is 0.247. The van der Waals surface area contributed by atoms with Crippen molar-refractivity contribution in [2.75, 3.05) is 6.54 Å². The minimum atomic E-state index is -4.01. The Bertz CT molecular complexity index is 234. The monoisotopic (exact) mass is 233 g/mol. The van der Waals surface area contributed by atoms with Gasteiger partial charge in [-0.3, -0.25) is 0 Å². The molecule has 0 aliphatic heterocycles. The lowest BCUT2D eigenvalue weighted by atomic mass is 9.85. The first-order valence-electron chi connectivity index (χ1n) is 5.77. The van der Waals surface area contributed by atoms with Crippen LogP contribution in [0.2, 0.25) is 0 Å². The molecule has 92 valence electrons. The first kappa shape index (κ1) is 13.4. The molecule has 16 heavy (non-hydrogen) atoms. The van der Waals surface area contributed by atoms with Crippen LogP contribution in [0.4, 0.5) is 13.2 Å². The Kier molecular flexibility index (Phi) is 5.14. The Morgan fingerprint density at radius 3 is 2.31 bits per heavy atom. The summed E-state index contributed by atoms with van der Waals surface area (Å²) >= 11 is 0. The standard InChI is InChI=1S/C12H18F3N/c1-2-3-4-9-16-11-7-5-10(6-8-11)12(13,14)15/h1,10-11,16H,3-9H2. The fourth-order valence-corrected chi connectivity index (χ4v) is 2.12. The molecule has 0 spiro atoms. The first-order chi connectivity index (χ1) is 7.54. The van der Waals surface area contributed by atoms with E-state index in [0.29, 0.717) is 12.8 Å². The van der Waals surface area contributed by atoms with Crippen molar-refractivity contribution >= 4 is 0 Å². The van der Waals surface area contributed by atoms with Crippen LogP contribution in [0.25, 0.3) is 0 Å². The van der Waals surface area contributed by atoms with Gasteiger partial charge < -0.3 is 5.32 Å². The molecule has 0 aromatic carbocycles. The summed E-state index contributed by atoms with van der Waals surface area (Å²) in [4.78, 5) is 0. The Labute approximate surface area is 94.8 Å². The molecule has 0 atom stereocenters. The largest absolute Gasteiger partial charge is 0.391 e. The summed E-state index contributed by atoms with van der Waals surface area (Å²) in [6.07, 6.45) is 4.50. The average Bonchev–Trinajstić information content (AvgIpc) is 2.24. The van der Waals surface area contributed by atoms with Crippen molar-refractivity contribution in [1.82, 2.24) is 5.32 Å². The van der Waals surface area contributed by atoms with E-state index in [9.17, 15) is 13.2 Å². The van der Waals surface area contributed by atoms with E-state index in [1.807, 2.05) is 0 Å². The van der Waals surface area contributed by atoms with Gasteiger partial charge in [-0.2, -0.15) is 13.2 Å². The molecule has 1 aliphatic rings. The quantitative estimate of drug-likeness (QED) is 0.581. The normalized spacial score (nSPS) is 26.4. The molecule has 0 radical (unpaired) electrons. The zero-order valence-corrected chi connectivity index (χ0v) is 9.32. The number of halogens is 3. The van der Waals surface area contributed by atoms with Crippen molar-refractivity contribution in [3.8, 4) is 12.3 Å². The second-order valence-corrected chi connectivity index (χ2v) is 4.35. The predicted molar refractivity (Wildman–Crippen MR) is 57.9 cm³/mol. The van der Waals surface area contributed by atoms with Gasteiger partial charge in [0.1, 0.15) is 0 Å². The highest BCUT2D eigenvalue weighted by molar-refractivity contribution is 4.84. The molecule has 0 aromatic heterocycles. The van der Waals surface area contributed by atoms with Crippen LogP contribution in [0, 0.1) is 18.3 Å². The van der Waals surface area contributed by atoms with E-state index in [4.69, 9.17) is 6.42 Å². The Morgan fingerprint density at radius 1 is 1.19 bits per heavy atom. The van der Waals surface area contributed by atoms with Crippen LogP contribution < -0.4 is 5.32 Å². The number of terminal acetylenes is 1. The molecule has 1 aliphatic carbocycles. The summed E-state index contributed by atoms with van der Waals surface area (Å²) in [5, 5.41) is 3.27. The summed E-state index contributed by atoms with van der Waals surface area (Å²) in [6.45, 7) is 0.811. The number of hydrogen-bond acceptors (Lipinski definition) is 1. The van der Waals surface area contributed by atoms with E-state index in [1.165, 1.54) is 0 Å². The lowest BCUT2D eigenvalue weighted by Gasteiger charge is -2.30. The molecule has 1 nitrogen and oxygen atoms in total. The second-order valence-electron chi connectivity index (χ2n) is 4.35. The molecule has 4 heteroatoms. The molecule has 1 rings (SSSR count).